The Kier molecular flexibility index (Phi) is 9.57. The third-order valence-corrected chi connectivity index (χ3v) is 6.61. The summed E-state index contributed by atoms with van der Waals surface area (Å²) < 4.78 is 34.0. The predicted octanol–water partition coefficient (Wildman–Crippen LogP) is 7.09. The fourth-order valence-corrected chi connectivity index (χ4v) is 4.45. The molecule has 0 aromatic heterocycles. The maximum Gasteiger partial charge on any atom is 0.211 e. The van der Waals surface area contributed by atoms with Crippen molar-refractivity contribution in [3.05, 3.63) is 101 Å². The predicted molar refractivity (Wildman–Crippen MR) is 153 cm³/mol. The molecular formula is C33H36O6. The minimum absolute atomic E-state index is 0.528. The molecule has 0 aliphatic heterocycles. The SMILES string of the molecule is COc1ccc(CCc2cc(OC)c(Oc3cc(CCc4cccc(OC)c4)cc(OC)c3)c(OC)c2)cc1. The van der Waals surface area contributed by atoms with Crippen molar-refractivity contribution in [1.82, 2.24) is 0 Å². The van der Waals surface area contributed by atoms with E-state index in [2.05, 4.69) is 24.3 Å². The molecule has 0 aliphatic rings. The largest absolute Gasteiger partial charge is 0.497 e. The highest BCUT2D eigenvalue weighted by molar-refractivity contribution is 5.56. The average Bonchev–Trinajstić information content (AvgIpc) is 2.99. The van der Waals surface area contributed by atoms with E-state index in [-0.39, 0.29) is 0 Å². The van der Waals surface area contributed by atoms with E-state index in [1.807, 2.05) is 54.6 Å². The van der Waals surface area contributed by atoms with E-state index >= 15 is 0 Å². The van der Waals surface area contributed by atoms with E-state index in [0.717, 1.165) is 54.1 Å². The van der Waals surface area contributed by atoms with Crippen LogP contribution in [-0.2, 0) is 25.7 Å². The molecule has 0 fully saturated rings. The summed E-state index contributed by atoms with van der Waals surface area (Å²) in [6.45, 7) is 0. The number of hydrogen-bond donors (Lipinski definition) is 0. The molecule has 4 aromatic carbocycles. The molecule has 4 rings (SSSR count). The average molecular weight is 529 g/mol. The molecule has 0 bridgehead atoms. The van der Waals surface area contributed by atoms with Crippen LogP contribution in [0.5, 0.6) is 40.2 Å². The lowest BCUT2D eigenvalue weighted by atomic mass is 10.0. The van der Waals surface area contributed by atoms with Crippen LogP contribution in [-0.4, -0.2) is 35.5 Å². The first-order chi connectivity index (χ1) is 19.0. The lowest BCUT2D eigenvalue weighted by molar-refractivity contribution is 0.344. The van der Waals surface area contributed by atoms with Gasteiger partial charge in [-0.2, -0.15) is 0 Å². The van der Waals surface area contributed by atoms with Crippen LogP contribution in [0, 0.1) is 0 Å². The van der Waals surface area contributed by atoms with Gasteiger partial charge in [0.15, 0.2) is 11.5 Å². The summed E-state index contributed by atoms with van der Waals surface area (Å²) in [6, 6.07) is 26.2. The summed E-state index contributed by atoms with van der Waals surface area (Å²) in [5.74, 6) is 4.83. The first kappa shape index (κ1) is 27.7. The third-order valence-electron chi connectivity index (χ3n) is 6.61. The van der Waals surface area contributed by atoms with Crippen molar-refractivity contribution in [2.45, 2.75) is 25.7 Å². The van der Waals surface area contributed by atoms with Crippen molar-refractivity contribution in [1.29, 1.82) is 0 Å². The Labute approximate surface area is 231 Å². The number of rotatable bonds is 13. The Morgan fingerprint density at radius 1 is 0.410 bits per heavy atom. The Hall–Kier alpha value is -4.32. The maximum absolute atomic E-state index is 6.37. The van der Waals surface area contributed by atoms with Gasteiger partial charge in [0, 0.05) is 6.07 Å². The first-order valence-corrected chi connectivity index (χ1v) is 12.9. The lowest BCUT2D eigenvalue weighted by Gasteiger charge is -2.17. The zero-order chi connectivity index (χ0) is 27.6. The number of benzene rings is 4. The zero-order valence-electron chi connectivity index (χ0n) is 23.3. The normalized spacial score (nSPS) is 10.6. The molecule has 6 nitrogen and oxygen atoms in total. The van der Waals surface area contributed by atoms with Gasteiger partial charge >= 0.3 is 0 Å². The second-order valence-electron chi connectivity index (χ2n) is 9.15. The minimum Gasteiger partial charge on any atom is -0.497 e. The topological polar surface area (TPSA) is 55.4 Å². The molecule has 4 aromatic rings. The van der Waals surface area contributed by atoms with Crippen LogP contribution in [0.2, 0.25) is 0 Å². The second-order valence-corrected chi connectivity index (χ2v) is 9.15. The maximum atomic E-state index is 6.37. The smallest absolute Gasteiger partial charge is 0.211 e. The number of ether oxygens (including phenoxy) is 6. The van der Waals surface area contributed by atoms with Crippen LogP contribution < -0.4 is 28.4 Å². The standard InChI is InChI=1S/C33H36O6/c1-34-27-15-13-23(14-16-27)9-11-26-20-31(37-4)33(32(21-26)38-5)39-30-19-25(18-29(22-30)36-3)12-10-24-7-6-8-28(17-24)35-2/h6-8,13-22H,9-12H2,1-5H3. The van der Waals surface area contributed by atoms with Gasteiger partial charge in [0.1, 0.15) is 23.0 Å². The van der Waals surface area contributed by atoms with Gasteiger partial charge in [0.25, 0.3) is 0 Å². The van der Waals surface area contributed by atoms with Crippen molar-refractivity contribution in [2.24, 2.45) is 0 Å². The molecule has 0 aliphatic carbocycles. The van der Waals surface area contributed by atoms with Crippen molar-refractivity contribution >= 4 is 0 Å². The number of hydrogen-bond acceptors (Lipinski definition) is 6. The molecule has 0 saturated carbocycles. The lowest BCUT2D eigenvalue weighted by Crippen LogP contribution is -2.00. The van der Waals surface area contributed by atoms with Crippen LogP contribution in [0.3, 0.4) is 0 Å². The number of methoxy groups -OCH3 is 5. The Balaban J connectivity index is 1.53. The molecule has 0 saturated heterocycles. The zero-order valence-corrected chi connectivity index (χ0v) is 23.3. The summed E-state index contributed by atoms with van der Waals surface area (Å²) >= 11 is 0. The van der Waals surface area contributed by atoms with Gasteiger partial charge in [0.05, 0.1) is 35.5 Å². The van der Waals surface area contributed by atoms with Crippen molar-refractivity contribution in [3.8, 4) is 40.2 Å². The molecule has 0 unspecified atom stereocenters. The molecule has 0 radical (unpaired) electrons. The van der Waals surface area contributed by atoms with Gasteiger partial charge in [-0.3, -0.25) is 0 Å². The highest BCUT2D eigenvalue weighted by Crippen LogP contribution is 2.42. The van der Waals surface area contributed by atoms with Gasteiger partial charge in [-0.05, 0) is 96.5 Å². The molecule has 0 atom stereocenters. The van der Waals surface area contributed by atoms with E-state index in [0.29, 0.717) is 23.0 Å². The molecule has 0 amide bonds. The van der Waals surface area contributed by atoms with Crippen LogP contribution in [0.4, 0.5) is 0 Å². The van der Waals surface area contributed by atoms with E-state index < -0.39 is 0 Å². The molecule has 0 heterocycles. The van der Waals surface area contributed by atoms with Crippen LogP contribution in [0.1, 0.15) is 22.3 Å². The molecule has 39 heavy (non-hydrogen) atoms. The summed E-state index contributed by atoms with van der Waals surface area (Å²) in [5, 5.41) is 0. The summed E-state index contributed by atoms with van der Waals surface area (Å²) in [6.07, 6.45) is 3.38. The van der Waals surface area contributed by atoms with Crippen LogP contribution in [0.25, 0.3) is 0 Å². The van der Waals surface area contributed by atoms with Gasteiger partial charge in [-0.25, -0.2) is 0 Å². The van der Waals surface area contributed by atoms with E-state index in [1.54, 1.807) is 35.5 Å². The minimum atomic E-state index is 0.528. The first-order valence-electron chi connectivity index (χ1n) is 12.9. The molecular weight excluding hydrogens is 492 g/mol. The van der Waals surface area contributed by atoms with Crippen molar-refractivity contribution < 1.29 is 28.4 Å². The highest BCUT2D eigenvalue weighted by Gasteiger charge is 2.17. The van der Waals surface area contributed by atoms with E-state index in [1.165, 1.54) is 11.1 Å². The Morgan fingerprint density at radius 3 is 1.56 bits per heavy atom. The van der Waals surface area contributed by atoms with Crippen molar-refractivity contribution in [3.63, 3.8) is 0 Å². The molecule has 0 spiro atoms. The Bertz CT molecular complexity index is 1340. The van der Waals surface area contributed by atoms with Crippen molar-refractivity contribution in [2.75, 3.05) is 35.5 Å². The quantitative estimate of drug-likeness (QED) is 0.185. The van der Waals surface area contributed by atoms with Gasteiger partial charge < -0.3 is 28.4 Å². The molecule has 6 heteroatoms. The highest BCUT2D eigenvalue weighted by atomic mass is 16.5. The fourth-order valence-electron chi connectivity index (χ4n) is 4.45. The second kappa shape index (κ2) is 13.5. The number of aryl methyl sites for hydroxylation is 4. The summed E-state index contributed by atoms with van der Waals surface area (Å²) in [7, 11) is 8.29. The van der Waals surface area contributed by atoms with E-state index in [9.17, 15) is 0 Å². The summed E-state index contributed by atoms with van der Waals surface area (Å²) in [4.78, 5) is 0. The Morgan fingerprint density at radius 2 is 0.949 bits per heavy atom. The molecule has 0 N–H and O–H groups in total. The monoisotopic (exact) mass is 528 g/mol. The van der Waals surface area contributed by atoms with Gasteiger partial charge in [-0.1, -0.05) is 24.3 Å². The van der Waals surface area contributed by atoms with Gasteiger partial charge in [-0.15, -0.1) is 0 Å². The third kappa shape index (κ3) is 7.38. The fraction of sp³-hybridized carbons (Fsp3) is 0.273. The van der Waals surface area contributed by atoms with Gasteiger partial charge in [0.2, 0.25) is 5.75 Å². The molecule has 204 valence electrons. The summed E-state index contributed by atoms with van der Waals surface area (Å²) in [5.41, 5.74) is 4.62. The van der Waals surface area contributed by atoms with Crippen LogP contribution >= 0.6 is 0 Å². The van der Waals surface area contributed by atoms with Crippen LogP contribution in [0.15, 0.2) is 78.9 Å². The van der Waals surface area contributed by atoms with E-state index in [4.69, 9.17) is 28.4 Å².